The molecule has 1 atom stereocenters. The lowest BCUT2D eigenvalue weighted by Gasteiger charge is -2.26. The van der Waals surface area contributed by atoms with Crippen LogP contribution in [0.4, 0.5) is 5.69 Å². The number of rotatable bonds is 6. The van der Waals surface area contributed by atoms with E-state index in [1.54, 1.807) is 0 Å². The minimum Gasteiger partial charge on any atom is -0.396 e. The van der Waals surface area contributed by atoms with Crippen molar-refractivity contribution in [2.45, 2.75) is 25.2 Å². The van der Waals surface area contributed by atoms with Gasteiger partial charge in [0.1, 0.15) is 0 Å². The van der Waals surface area contributed by atoms with Gasteiger partial charge in [-0.3, -0.25) is 0 Å². The van der Waals surface area contributed by atoms with Crippen molar-refractivity contribution in [2.24, 2.45) is 10.6 Å². The van der Waals surface area contributed by atoms with Gasteiger partial charge in [-0.25, -0.2) is 13.6 Å². The van der Waals surface area contributed by atoms with Crippen molar-refractivity contribution in [2.75, 3.05) is 18.5 Å². The molecule has 1 rings (SSSR count). The molecule has 19 heavy (non-hydrogen) atoms. The number of nitrogens with two attached hydrogens (primary N) is 1. The zero-order valence-corrected chi connectivity index (χ0v) is 12.6. The third-order valence-corrected chi connectivity index (χ3v) is 4.45. The lowest BCUT2D eigenvalue weighted by Crippen LogP contribution is -2.29. The Morgan fingerprint density at radius 1 is 1.47 bits per heavy atom. The van der Waals surface area contributed by atoms with Crippen molar-refractivity contribution in [3.63, 3.8) is 0 Å². The van der Waals surface area contributed by atoms with Crippen molar-refractivity contribution in [1.29, 1.82) is 0 Å². The topological polar surface area (TPSA) is 92.4 Å². The van der Waals surface area contributed by atoms with Crippen LogP contribution in [-0.2, 0) is 10.0 Å². The molecule has 0 aliphatic rings. The molecule has 4 N–H and O–H groups in total. The Morgan fingerprint density at radius 2 is 2.11 bits per heavy atom. The highest BCUT2D eigenvalue weighted by atomic mass is 35.5. The van der Waals surface area contributed by atoms with Crippen molar-refractivity contribution in [3.05, 3.63) is 23.2 Å². The summed E-state index contributed by atoms with van der Waals surface area (Å²) in [6, 6.07) is 4.23. The normalized spacial score (nSPS) is 15.0. The molecule has 0 fully saturated rings. The molecular formula is C12H19ClN2O3S. The van der Waals surface area contributed by atoms with Gasteiger partial charge >= 0.3 is 0 Å². The van der Waals surface area contributed by atoms with E-state index in [1.807, 2.05) is 13.8 Å². The standard InChI is InChI=1S/C12H19ClN2O3S/c1-3-12(2,8-16)7-15-11-6-9(19(14,17)18)4-5-10(11)13/h4-6,15-16H,3,7-8H2,1-2H3,(H2,14,17,18). The fourth-order valence-electron chi connectivity index (χ4n) is 1.42. The molecule has 0 saturated heterocycles. The molecule has 7 heteroatoms. The summed E-state index contributed by atoms with van der Waals surface area (Å²) in [4.78, 5) is 0.00148. The van der Waals surface area contributed by atoms with Crippen molar-refractivity contribution >= 4 is 27.3 Å². The van der Waals surface area contributed by atoms with Gasteiger partial charge in [0.05, 0.1) is 22.2 Å². The van der Waals surface area contributed by atoms with Crippen LogP contribution >= 0.6 is 11.6 Å². The van der Waals surface area contributed by atoms with Crippen molar-refractivity contribution < 1.29 is 13.5 Å². The Hall–Kier alpha value is -0.820. The number of primary sulfonamides is 1. The van der Waals surface area contributed by atoms with Gasteiger partial charge in [-0.05, 0) is 24.6 Å². The van der Waals surface area contributed by atoms with Crippen LogP contribution in [0.25, 0.3) is 0 Å². The molecule has 0 spiro atoms. The zero-order valence-electron chi connectivity index (χ0n) is 11.0. The molecule has 1 unspecified atom stereocenters. The first kappa shape index (κ1) is 16.2. The van der Waals surface area contributed by atoms with Crippen molar-refractivity contribution in [1.82, 2.24) is 0 Å². The Bertz CT molecular complexity index is 542. The maximum Gasteiger partial charge on any atom is 0.238 e. The first-order valence-corrected chi connectivity index (χ1v) is 7.81. The fourth-order valence-corrected chi connectivity index (χ4v) is 2.14. The number of aliphatic hydroxyl groups is 1. The second-order valence-electron chi connectivity index (χ2n) is 4.86. The Morgan fingerprint density at radius 3 is 2.58 bits per heavy atom. The molecule has 108 valence electrons. The number of sulfonamides is 1. The molecule has 0 aliphatic heterocycles. The van der Waals surface area contributed by atoms with Gasteiger partial charge in [0, 0.05) is 12.0 Å². The predicted molar refractivity (Wildman–Crippen MR) is 76.8 cm³/mol. The highest BCUT2D eigenvalue weighted by molar-refractivity contribution is 7.89. The highest BCUT2D eigenvalue weighted by Gasteiger charge is 2.21. The molecule has 5 nitrogen and oxygen atoms in total. The van der Waals surface area contributed by atoms with Gasteiger partial charge in [0.25, 0.3) is 0 Å². The first-order valence-electron chi connectivity index (χ1n) is 5.89. The van der Waals surface area contributed by atoms with E-state index in [0.717, 1.165) is 6.42 Å². The summed E-state index contributed by atoms with van der Waals surface area (Å²) in [5.74, 6) is 0. The molecule has 0 heterocycles. The van der Waals surface area contributed by atoms with E-state index in [1.165, 1.54) is 18.2 Å². The van der Waals surface area contributed by atoms with Crippen molar-refractivity contribution in [3.8, 4) is 0 Å². The maximum atomic E-state index is 11.3. The predicted octanol–water partition coefficient (Wildman–Crippen LogP) is 1.81. The second kappa shape index (κ2) is 6.09. The summed E-state index contributed by atoms with van der Waals surface area (Å²) >= 11 is 6.00. The zero-order chi connectivity index (χ0) is 14.7. The quantitative estimate of drug-likeness (QED) is 0.747. The third-order valence-electron chi connectivity index (χ3n) is 3.21. The third kappa shape index (κ3) is 4.35. The average Bonchev–Trinajstić information content (AvgIpc) is 2.36. The van der Waals surface area contributed by atoms with E-state index < -0.39 is 10.0 Å². The second-order valence-corrected chi connectivity index (χ2v) is 6.83. The summed E-state index contributed by atoms with van der Waals surface area (Å²) in [7, 11) is -3.76. The van der Waals surface area contributed by atoms with Crippen LogP contribution in [0, 0.1) is 5.41 Å². The number of nitrogens with one attached hydrogen (secondary N) is 1. The number of benzene rings is 1. The van der Waals surface area contributed by atoms with Gasteiger partial charge in [0.2, 0.25) is 10.0 Å². The van der Waals surface area contributed by atoms with Gasteiger partial charge in [0.15, 0.2) is 0 Å². The van der Waals surface area contributed by atoms with E-state index >= 15 is 0 Å². The SMILES string of the molecule is CCC(C)(CO)CNc1cc(S(N)(=O)=O)ccc1Cl. The maximum absolute atomic E-state index is 11.3. The minimum atomic E-state index is -3.76. The van der Waals surface area contributed by atoms with Crippen LogP contribution in [0.1, 0.15) is 20.3 Å². The van der Waals surface area contributed by atoms with E-state index in [0.29, 0.717) is 17.3 Å². The fraction of sp³-hybridized carbons (Fsp3) is 0.500. The molecule has 0 radical (unpaired) electrons. The largest absolute Gasteiger partial charge is 0.396 e. The van der Waals surface area contributed by atoms with Gasteiger partial charge < -0.3 is 10.4 Å². The van der Waals surface area contributed by atoms with Gasteiger partial charge in [-0.1, -0.05) is 25.4 Å². The highest BCUT2D eigenvalue weighted by Crippen LogP contribution is 2.27. The van der Waals surface area contributed by atoms with E-state index in [2.05, 4.69) is 5.32 Å². The van der Waals surface area contributed by atoms with Crippen LogP contribution in [0.3, 0.4) is 0 Å². The summed E-state index contributed by atoms with van der Waals surface area (Å²) in [6.07, 6.45) is 0.781. The number of halogens is 1. The van der Waals surface area contributed by atoms with E-state index in [9.17, 15) is 13.5 Å². The molecule has 0 aromatic heterocycles. The van der Waals surface area contributed by atoms with Crippen LogP contribution < -0.4 is 10.5 Å². The average molecular weight is 307 g/mol. The van der Waals surface area contributed by atoms with E-state index in [-0.39, 0.29) is 16.9 Å². The Labute approximate surface area is 118 Å². The molecule has 1 aromatic carbocycles. The van der Waals surface area contributed by atoms with E-state index in [4.69, 9.17) is 16.7 Å². The monoisotopic (exact) mass is 306 g/mol. The van der Waals surface area contributed by atoms with Gasteiger partial charge in [-0.2, -0.15) is 0 Å². The summed E-state index contributed by atoms with van der Waals surface area (Å²) in [5, 5.41) is 17.9. The first-order chi connectivity index (χ1) is 8.72. The summed E-state index contributed by atoms with van der Waals surface area (Å²) < 4.78 is 22.6. The Balaban J connectivity index is 2.96. The molecule has 0 amide bonds. The molecule has 0 aliphatic carbocycles. The number of anilines is 1. The van der Waals surface area contributed by atoms with Gasteiger partial charge in [-0.15, -0.1) is 0 Å². The number of aliphatic hydroxyl groups excluding tert-OH is 1. The van der Waals surface area contributed by atoms with Crippen LogP contribution in [-0.4, -0.2) is 26.7 Å². The van der Waals surface area contributed by atoms with Crippen LogP contribution in [0.15, 0.2) is 23.1 Å². The van der Waals surface area contributed by atoms with Crippen LogP contribution in [0.5, 0.6) is 0 Å². The summed E-state index contributed by atoms with van der Waals surface area (Å²) in [6.45, 7) is 4.41. The lowest BCUT2D eigenvalue weighted by molar-refractivity contribution is 0.149. The number of hydrogen-bond donors (Lipinski definition) is 3. The molecule has 0 saturated carbocycles. The number of hydrogen-bond acceptors (Lipinski definition) is 4. The lowest BCUT2D eigenvalue weighted by atomic mass is 9.88. The minimum absolute atomic E-state index is 0.00148. The molecule has 0 bridgehead atoms. The smallest absolute Gasteiger partial charge is 0.238 e. The molecule has 1 aromatic rings. The molecular weight excluding hydrogens is 288 g/mol. The Kier molecular flexibility index (Phi) is 5.20. The summed E-state index contributed by atoms with van der Waals surface area (Å²) in [5.41, 5.74) is 0.197. The van der Waals surface area contributed by atoms with Crippen LogP contribution in [0.2, 0.25) is 5.02 Å².